The van der Waals surface area contributed by atoms with Crippen molar-refractivity contribution in [1.82, 2.24) is 10.2 Å². The molecule has 5 N–H and O–H groups in total. The summed E-state index contributed by atoms with van der Waals surface area (Å²) in [5, 5.41) is 43.5. The highest BCUT2D eigenvalue weighted by molar-refractivity contribution is 7.99. The molecule has 27 heavy (non-hydrogen) atoms. The van der Waals surface area contributed by atoms with Crippen molar-refractivity contribution in [3.8, 4) is 0 Å². The predicted octanol–water partition coefficient (Wildman–Crippen LogP) is -0.857. The fraction of sp³-hybridized carbons (Fsp3) is 0.944. The van der Waals surface area contributed by atoms with Gasteiger partial charge in [0.2, 0.25) is 5.91 Å². The second-order valence-electron chi connectivity index (χ2n) is 7.80. The standard InChI is InChI=1S/C18H34N2O6S/c1-5-6-10-7-11(20(3)8-10)17(25)19-12(9(2)21)16-14(23)13(22)15(24)18(26-16)27-4/h9-16,18,21-24H,5-8H2,1-4H3,(H,19,25)/t9-,10+,11-,12-,13-,14+,15+,16?,18+/m0/s1. The average molecular weight is 407 g/mol. The average Bonchev–Trinajstić information content (AvgIpc) is 2.99. The van der Waals surface area contributed by atoms with Gasteiger partial charge in [-0.2, -0.15) is 0 Å². The summed E-state index contributed by atoms with van der Waals surface area (Å²) in [6, 6.07) is -1.20. The number of aliphatic hydroxyl groups is 4. The number of ether oxygens (including phenoxy) is 1. The second-order valence-corrected chi connectivity index (χ2v) is 8.73. The van der Waals surface area contributed by atoms with Crippen LogP contribution in [-0.4, -0.2) is 99.1 Å². The summed E-state index contributed by atoms with van der Waals surface area (Å²) in [7, 11) is 1.91. The van der Waals surface area contributed by atoms with Gasteiger partial charge in [-0.3, -0.25) is 9.69 Å². The fourth-order valence-electron chi connectivity index (χ4n) is 4.13. The summed E-state index contributed by atoms with van der Waals surface area (Å²) in [6.45, 7) is 4.48. The van der Waals surface area contributed by atoms with Crippen molar-refractivity contribution in [2.75, 3.05) is 19.8 Å². The minimum atomic E-state index is -1.42. The zero-order chi connectivity index (χ0) is 20.3. The van der Waals surface area contributed by atoms with E-state index in [9.17, 15) is 25.2 Å². The van der Waals surface area contributed by atoms with E-state index in [1.54, 1.807) is 6.26 Å². The van der Waals surface area contributed by atoms with Crippen LogP contribution in [0.25, 0.3) is 0 Å². The van der Waals surface area contributed by atoms with Gasteiger partial charge in [0.05, 0.1) is 18.2 Å². The summed E-state index contributed by atoms with van der Waals surface area (Å²) in [5.74, 6) is 0.245. The highest BCUT2D eigenvalue weighted by Gasteiger charge is 2.48. The first kappa shape index (κ1) is 22.9. The van der Waals surface area contributed by atoms with Gasteiger partial charge >= 0.3 is 0 Å². The Balaban J connectivity index is 2.09. The lowest BCUT2D eigenvalue weighted by Crippen LogP contribution is -2.65. The molecule has 0 saturated carbocycles. The molecule has 1 amide bonds. The first-order valence-electron chi connectivity index (χ1n) is 9.62. The third-order valence-corrected chi connectivity index (χ3v) is 6.51. The molecule has 9 heteroatoms. The number of nitrogens with zero attached hydrogens (tertiary/aromatic N) is 1. The molecule has 2 heterocycles. The van der Waals surface area contributed by atoms with Crippen LogP contribution in [0.4, 0.5) is 0 Å². The number of thioether (sulfide) groups is 1. The third kappa shape index (κ3) is 5.14. The number of carbonyl (C=O) groups excluding carboxylic acids is 1. The normalized spacial score (nSPS) is 39.9. The van der Waals surface area contributed by atoms with Gasteiger partial charge in [-0.1, -0.05) is 13.3 Å². The fourth-order valence-corrected chi connectivity index (χ4v) is 4.81. The van der Waals surface area contributed by atoms with Crippen LogP contribution >= 0.6 is 11.8 Å². The Morgan fingerprint density at radius 1 is 1.30 bits per heavy atom. The van der Waals surface area contributed by atoms with Crippen LogP contribution in [-0.2, 0) is 9.53 Å². The maximum atomic E-state index is 12.8. The molecule has 1 unspecified atom stereocenters. The zero-order valence-electron chi connectivity index (χ0n) is 16.5. The number of likely N-dealkylation sites (N-methyl/N-ethyl adjacent to an activating group) is 1. The molecule has 0 aromatic rings. The van der Waals surface area contributed by atoms with Gasteiger partial charge < -0.3 is 30.5 Å². The quantitative estimate of drug-likeness (QED) is 0.370. The third-order valence-electron chi connectivity index (χ3n) is 5.66. The first-order chi connectivity index (χ1) is 12.7. The number of rotatable bonds is 7. The molecule has 0 aromatic heterocycles. The summed E-state index contributed by atoms with van der Waals surface area (Å²) >= 11 is 1.20. The van der Waals surface area contributed by atoms with Crippen LogP contribution in [0, 0.1) is 5.92 Å². The first-order valence-corrected chi connectivity index (χ1v) is 10.9. The molecule has 9 atom stereocenters. The van der Waals surface area contributed by atoms with Crippen molar-refractivity contribution >= 4 is 17.7 Å². The molecule has 0 aromatic carbocycles. The lowest BCUT2D eigenvalue weighted by molar-refractivity contribution is -0.211. The second kappa shape index (κ2) is 9.87. The van der Waals surface area contributed by atoms with Gasteiger partial charge in [-0.05, 0) is 39.0 Å². The molecule has 158 valence electrons. The van der Waals surface area contributed by atoms with Crippen LogP contribution in [0.1, 0.15) is 33.1 Å². The summed E-state index contributed by atoms with van der Waals surface area (Å²) in [6.07, 6.45) is -1.50. The van der Waals surface area contributed by atoms with E-state index in [0.717, 1.165) is 25.8 Å². The Labute approximate surface area is 165 Å². The van der Waals surface area contributed by atoms with Crippen LogP contribution in [0.15, 0.2) is 0 Å². The lowest BCUT2D eigenvalue weighted by atomic mass is 9.92. The van der Waals surface area contributed by atoms with Crippen molar-refractivity contribution < 1.29 is 30.0 Å². The van der Waals surface area contributed by atoms with Crippen molar-refractivity contribution in [2.45, 2.75) is 81.1 Å². The monoisotopic (exact) mass is 406 g/mol. The number of amides is 1. The van der Waals surface area contributed by atoms with Crippen LogP contribution in [0.2, 0.25) is 0 Å². The largest absolute Gasteiger partial charge is 0.391 e. The molecular formula is C18H34N2O6S. The molecule has 0 bridgehead atoms. The van der Waals surface area contributed by atoms with Gasteiger partial charge in [0.1, 0.15) is 29.9 Å². The number of nitrogens with one attached hydrogen (secondary N) is 1. The van der Waals surface area contributed by atoms with Crippen LogP contribution in [0.3, 0.4) is 0 Å². The number of likely N-dealkylation sites (tertiary alicyclic amines) is 1. The minimum absolute atomic E-state index is 0.223. The summed E-state index contributed by atoms with van der Waals surface area (Å²) in [5.41, 5.74) is -0.755. The Bertz CT molecular complexity index is 494. The molecule has 0 spiro atoms. The highest BCUT2D eigenvalue weighted by atomic mass is 32.2. The van der Waals surface area contributed by atoms with E-state index in [4.69, 9.17) is 4.74 Å². The molecule has 0 aliphatic carbocycles. The molecule has 0 radical (unpaired) electrons. The number of aliphatic hydroxyl groups excluding tert-OH is 4. The Morgan fingerprint density at radius 2 is 1.96 bits per heavy atom. The van der Waals surface area contributed by atoms with Crippen molar-refractivity contribution in [2.24, 2.45) is 5.92 Å². The van der Waals surface area contributed by atoms with E-state index in [2.05, 4.69) is 12.2 Å². The van der Waals surface area contributed by atoms with E-state index >= 15 is 0 Å². The van der Waals surface area contributed by atoms with E-state index in [1.807, 2.05) is 11.9 Å². The topological polar surface area (TPSA) is 122 Å². The van der Waals surface area contributed by atoms with Crippen LogP contribution in [0.5, 0.6) is 0 Å². The van der Waals surface area contributed by atoms with E-state index in [1.165, 1.54) is 18.7 Å². The van der Waals surface area contributed by atoms with E-state index in [-0.39, 0.29) is 11.9 Å². The molecule has 2 aliphatic heterocycles. The van der Waals surface area contributed by atoms with Crippen molar-refractivity contribution in [3.05, 3.63) is 0 Å². The van der Waals surface area contributed by atoms with E-state index < -0.39 is 42.0 Å². The van der Waals surface area contributed by atoms with Crippen molar-refractivity contribution in [1.29, 1.82) is 0 Å². The molecule has 2 aliphatic rings. The van der Waals surface area contributed by atoms with Gasteiger partial charge in [-0.25, -0.2) is 0 Å². The lowest BCUT2D eigenvalue weighted by Gasteiger charge is -2.44. The summed E-state index contributed by atoms with van der Waals surface area (Å²) < 4.78 is 5.72. The number of hydrogen-bond acceptors (Lipinski definition) is 8. The van der Waals surface area contributed by atoms with Gasteiger partial charge in [0.25, 0.3) is 0 Å². The molecule has 8 nitrogen and oxygen atoms in total. The molecular weight excluding hydrogens is 372 g/mol. The SMILES string of the molecule is CCC[C@@H]1C[C@@H](C(=O)N[C@H](C2O[C@H](SC)[C@H](O)[C@@H](O)[C@H]2O)[C@H](C)O)N(C)C1. The summed E-state index contributed by atoms with van der Waals surface area (Å²) in [4.78, 5) is 14.9. The Kier molecular flexibility index (Phi) is 8.35. The molecule has 2 rings (SSSR count). The maximum Gasteiger partial charge on any atom is 0.237 e. The molecule has 2 fully saturated rings. The smallest absolute Gasteiger partial charge is 0.237 e. The van der Waals surface area contributed by atoms with Gasteiger partial charge in [-0.15, -0.1) is 11.8 Å². The van der Waals surface area contributed by atoms with Gasteiger partial charge in [0.15, 0.2) is 0 Å². The Morgan fingerprint density at radius 3 is 2.52 bits per heavy atom. The van der Waals surface area contributed by atoms with E-state index in [0.29, 0.717) is 5.92 Å². The van der Waals surface area contributed by atoms with Crippen LogP contribution < -0.4 is 5.32 Å². The molecule has 2 saturated heterocycles. The minimum Gasteiger partial charge on any atom is -0.391 e. The maximum absolute atomic E-state index is 12.8. The Hall–Kier alpha value is -0.420. The predicted molar refractivity (Wildman–Crippen MR) is 103 cm³/mol. The van der Waals surface area contributed by atoms with Gasteiger partial charge in [0, 0.05) is 6.54 Å². The number of hydrogen-bond donors (Lipinski definition) is 5. The van der Waals surface area contributed by atoms with Crippen molar-refractivity contribution in [3.63, 3.8) is 0 Å². The zero-order valence-corrected chi connectivity index (χ0v) is 17.3. The number of carbonyl (C=O) groups is 1. The highest BCUT2D eigenvalue weighted by Crippen LogP contribution is 2.30.